The zero-order valence-corrected chi connectivity index (χ0v) is 17.3. The molecule has 2 heterocycles. The number of aromatic amines is 1. The molecule has 7 heteroatoms. The van der Waals surface area contributed by atoms with E-state index in [4.69, 9.17) is 0 Å². The molecular formula is C22H26FN3O3. The van der Waals surface area contributed by atoms with E-state index in [9.17, 15) is 19.1 Å². The maximum Gasteiger partial charge on any atom is 0.295 e. The van der Waals surface area contributed by atoms with E-state index in [1.807, 2.05) is 39.8 Å². The number of aryl methyl sites for hydroxylation is 2. The summed E-state index contributed by atoms with van der Waals surface area (Å²) in [5.41, 5.74) is 3.55. The zero-order valence-electron chi connectivity index (χ0n) is 17.3. The van der Waals surface area contributed by atoms with Crippen LogP contribution in [-0.4, -0.2) is 58.8 Å². The molecule has 29 heavy (non-hydrogen) atoms. The van der Waals surface area contributed by atoms with Gasteiger partial charge >= 0.3 is 0 Å². The molecule has 1 amide bonds. The number of amides is 1. The van der Waals surface area contributed by atoms with E-state index in [0.29, 0.717) is 24.2 Å². The smallest absolute Gasteiger partial charge is 0.295 e. The van der Waals surface area contributed by atoms with Crippen LogP contribution in [-0.2, 0) is 9.59 Å². The zero-order chi connectivity index (χ0) is 21.5. The Kier molecular flexibility index (Phi) is 5.61. The second kappa shape index (κ2) is 7.83. The van der Waals surface area contributed by atoms with E-state index in [2.05, 4.69) is 4.98 Å². The molecule has 6 nitrogen and oxygen atoms in total. The number of ketones is 1. The molecule has 0 radical (unpaired) electrons. The first-order valence-electron chi connectivity index (χ1n) is 9.48. The number of likely N-dealkylation sites (N-methyl/N-ethyl adjacent to an activating group) is 1. The molecule has 1 saturated heterocycles. The number of nitrogens with zero attached hydrogens (tertiary/aromatic N) is 2. The monoisotopic (exact) mass is 399 g/mol. The average Bonchev–Trinajstić information content (AvgIpc) is 3.06. The lowest BCUT2D eigenvalue weighted by Gasteiger charge is -2.26. The summed E-state index contributed by atoms with van der Waals surface area (Å²) < 4.78 is 13.5. The van der Waals surface area contributed by atoms with Gasteiger partial charge < -0.3 is 19.9 Å². The average molecular weight is 399 g/mol. The van der Waals surface area contributed by atoms with Crippen LogP contribution in [0.25, 0.3) is 5.76 Å². The fourth-order valence-electron chi connectivity index (χ4n) is 3.81. The number of aliphatic hydroxyl groups is 1. The van der Waals surface area contributed by atoms with Gasteiger partial charge in [-0.1, -0.05) is 12.1 Å². The van der Waals surface area contributed by atoms with Gasteiger partial charge in [-0.3, -0.25) is 9.59 Å². The summed E-state index contributed by atoms with van der Waals surface area (Å²) in [7, 11) is 3.75. The van der Waals surface area contributed by atoms with E-state index in [1.54, 1.807) is 12.1 Å². The summed E-state index contributed by atoms with van der Waals surface area (Å²) in [4.78, 5) is 32.3. The number of carbonyl (C=O) groups excluding carboxylic acids is 2. The topological polar surface area (TPSA) is 76.6 Å². The van der Waals surface area contributed by atoms with Crippen LogP contribution in [0.1, 0.15) is 34.1 Å². The highest BCUT2D eigenvalue weighted by Crippen LogP contribution is 2.40. The van der Waals surface area contributed by atoms with Crippen LogP contribution >= 0.6 is 0 Å². The number of Topliss-reactive ketones (excluding diaryl/α,β-unsaturated/α-hetero) is 1. The molecule has 0 spiro atoms. The van der Waals surface area contributed by atoms with Gasteiger partial charge in [-0.05, 0) is 58.1 Å². The maximum absolute atomic E-state index is 13.5. The van der Waals surface area contributed by atoms with E-state index < -0.39 is 23.5 Å². The van der Waals surface area contributed by atoms with Gasteiger partial charge in [0.25, 0.3) is 11.7 Å². The molecule has 1 unspecified atom stereocenters. The Morgan fingerprint density at radius 2 is 1.76 bits per heavy atom. The summed E-state index contributed by atoms with van der Waals surface area (Å²) in [6.45, 7) is 6.39. The fourth-order valence-corrected chi connectivity index (χ4v) is 3.81. The Hall–Kier alpha value is -2.93. The number of nitrogens with one attached hydrogen (secondary N) is 1. The highest BCUT2D eigenvalue weighted by atomic mass is 19.1. The van der Waals surface area contributed by atoms with Crippen LogP contribution in [0.3, 0.4) is 0 Å². The minimum Gasteiger partial charge on any atom is -0.507 e. The third-order valence-corrected chi connectivity index (χ3v) is 5.44. The molecule has 1 aromatic carbocycles. The minimum absolute atomic E-state index is 0.0329. The predicted octanol–water partition coefficient (Wildman–Crippen LogP) is 3.06. The molecule has 1 fully saturated rings. The summed E-state index contributed by atoms with van der Waals surface area (Å²) in [6.07, 6.45) is 0. The minimum atomic E-state index is -0.774. The molecular weight excluding hydrogens is 373 g/mol. The molecule has 154 valence electrons. The Bertz CT molecular complexity index is 989. The molecule has 2 N–H and O–H groups in total. The summed E-state index contributed by atoms with van der Waals surface area (Å²) >= 11 is 0. The van der Waals surface area contributed by atoms with Crippen molar-refractivity contribution in [3.05, 3.63) is 63.7 Å². The first kappa shape index (κ1) is 20.8. The van der Waals surface area contributed by atoms with Crippen molar-refractivity contribution >= 4 is 17.4 Å². The van der Waals surface area contributed by atoms with Gasteiger partial charge in [0, 0.05) is 30.0 Å². The number of likely N-dealkylation sites (tertiary alicyclic amines) is 1. The van der Waals surface area contributed by atoms with Crippen LogP contribution in [0.2, 0.25) is 0 Å². The normalized spacial score (nSPS) is 18.9. The SMILES string of the molecule is Cc1[nH]c(C)c(/C(O)=C2\C(=O)C(=O)N(CCN(C)C)C2c2ccc(F)cc2)c1C. The number of H-pyrrole nitrogens is 1. The van der Waals surface area contributed by atoms with Crippen LogP contribution in [0.15, 0.2) is 29.8 Å². The van der Waals surface area contributed by atoms with Crippen molar-refractivity contribution in [3.63, 3.8) is 0 Å². The molecule has 1 atom stereocenters. The number of rotatable bonds is 5. The van der Waals surface area contributed by atoms with E-state index >= 15 is 0 Å². The second-order valence-electron chi connectivity index (χ2n) is 7.72. The Labute approximate surface area is 169 Å². The lowest BCUT2D eigenvalue weighted by atomic mass is 9.94. The van der Waals surface area contributed by atoms with Gasteiger partial charge in [0.05, 0.1) is 11.6 Å². The molecule has 1 aromatic heterocycles. The fraction of sp³-hybridized carbons (Fsp3) is 0.364. The predicted molar refractivity (Wildman–Crippen MR) is 109 cm³/mol. The second-order valence-corrected chi connectivity index (χ2v) is 7.72. The molecule has 0 aliphatic carbocycles. The van der Waals surface area contributed by atoms with Gasteiger partial charge in [0.15, 0.2) is 0 Å². The third kappa shape index (κ3) is 3.70. The number of carbonyl (C=O) groups is 2. The van der Waals surface area contributed by atoms with Crippen molar-refractivity contribution in [1.82, 2.24) is 14.8 Å². The van der Waals surface area contributed by atoms with Crippen molar-refractivity contribution in [1.29, 1.82) is 0 Å². The molecule has 3 rings (SSSR count). The van der Waals surface area contributed by atoms with Crippen molar-refractivity contribution in [2.24, 2.45) is 0 Å². The lowest BCUT2D eigenvalue weighted by Crippen LogP contribution is -2.35. The lowest BCUT2D eigenvalue weighted by molar-refractivity contribution is -0.140. The number of halogens is 1. The van der Waals surface area contributed by atoms with Crippen molar-refractivity contribution in [2.75, 3.05) is 27.2 Å². The summed E-state index contributed by atoms with van der Waals surface area (Å²) in [5.74, 6) is -2.00. The van der Waals surface area contributed by atoms with E-state index in [-0.39, 0.29) is 11.3 Å². The molecule has 0 bridgehead atoms. The standard InChI is InChI=1S/C22H26FN3O3/c1-12-13(2)24-14(3)17(12)20(27)18-19(15-6-8-16(23)9-7-15)26(11-10-25(4)5)22(29)21(18)28/h6-9,19,24,27H,10-11H2,1-5H3/b20-18+. The maximum atomic E-state index is 13.5. The number of hydrogen-bond acceptors (Lipinski definition) is 4. The Balaban J connectivity index is 2.20. The van der Waals surface area contributed by atoms with Crippen molar-refractivity contribution in [2.45, 2.75) is 26.8 Å². The van der Waals surface area contributed by atoms with Gasteiger partial charge in [-0.25, -0.2) is 4.39 Å². The molecule has 1 aliphatic rings. The number of aliphatic hydroxyl groups excluding tert-OH is 1. The van der Waals surface area contributed by atoms with Crippen molar-refractivity contribution < 1.29 is 19.1 Å². The summed E-state index contributed by atoms with van der Waals surface area (Å²) in [5, 5.41) is 11.1. The van der Waals surface area contributed by atoms with Gasteiger partial charge in [0.2, 0.25) is 0 Å². The molecule has 2 aromatic rings. The Morgan fingerprint density at radius 1 is 1.14 bits per heavy atom. The van der Waals surface area contributed by atoms with Crippen LogP contribution in [0.5, 0.6) is 0 Å². The highest BCUT2D eigenvalue weighted by molar-refractivity contribution is 6.46. The number of benzene rings is 1. The molecule has 1 aliphatic heterocycles. The van der Waals surface area contributed by atoms with E-state index in [0.717, 1.165) is 17.0 Å². The largest absolute Gasteiger partial charge is 0.507 e. The van der Waals surface area contributed by atoms with Crippen LogP contribution in [0.4, 0.5) is 4.39 Å². The van der Waals surface area contributed by atoms with Crippen molar-refractivity contribution in [3.8, 4) is 0 Å². The van der Waals surface area contributed by atoms with Gasteiger partial charge in [-0.2, -0.15) is 0 Å². The Morgan fingerprint density at radius 3 is 2.28 bits per heavy atom. The quantitative estimate of drug-likeness (QED) is 0.460. The van der Waals surface area contributed by atoms with Crippen LogP contribution < -0.4 is 0 Å². The van der Waals surface area contributed by atoms with Crippen LogP contribution in [0, 0.1) is 26.6 Å². The first-order chi connectivity index (χ1) is 13.6. The first-order valence-corrected chi connectivity index (χ1v) is 9.48. The molecule has 0 saturated carbocycles. The third-order valence-electron chi connectivity index (χ3n) is 5.44. The van der Waals surface area contributed by atoms with Gasteiger partial charge in [-0.15, -0.1) is 0 Å². The number of aromatic nitrogens is 1. The highest BCUT2D eigenvalue weighted by Gasteiger charge is 2.46. The number of hydrogen-bond donors (Lipinski definition) is 2. The van der Waals surface area contributed by atoms with Gasteiger partial charge in [0.1, 0.15) is 11.6 Å². The van der Waals surface area contributed by atoms with E-state index in [1.165, 1.54) is 17.0 Å². The summed E-state index contributed by atoms with van der Waals surface area (Å²) in [6, 6.07) is 4.90.